The fourth-order valence-electron chi connectivity index (χ4n) is 3.74. The van der Waals surface area contributed by atoms with Crippen LogP contribution in [0.2, 0.25) is 0 Å². The van der Waals surface area contributed by atoms with Crippen molar-refractivity contribution < 1.29 is 19.3 Å². The number of carbonyl (C=O) groups is 2. The fourth-order valence-corrected chi connectivity index (χ4v) is 3.74. The van der Waals surface area contributed by atoms with E-state index in [4.69, 9.17) is 4.84 Å². The van der Waals surface area contributed by atoms with Gasteiger partial charge in [-0.15, -0.1) is 0 Å². The highest BCUT2D eigenvalue weighted by Crippen LogP contribution is 2.25. The first kappa shape index (κ1) is 19.8. The Balaban J connectivity index is 1.66. The Morgan fingerprint density at radius 1 is 1.32 bits per heavy atom. The highest BCUT2D eigenvalue weighted by atomic mass is 16.6. The lowest BCUT2D eigenvalue weighted by molar-refractivity contribution is -0.385. The molecule has 0 N–H and O–H groups in total. The van der Waals surface area contributed by atoms with E-state index in [9.17, 15) is 19.7 Å². The zero-order valence-corrected chi connectivity index (χ0v) is 16.3. The first-order chi connectivity index (χ1) is 13.3. The monoisotopic (exact) mass is 388 g/mol. The van der Waals surface area contributed by atoms with Crippen LogP contribution in [0.4, 0.5) is 5.69 Å². The molecule has 2 aliphatic heterocycles. The number of piperazine rings is 1. The zero-order chi connectivity index (χ0) is 20.4. The molecule has 9 heteroatoms. The molecule has 0 radical (unpaired) electrons. The van der Waals surface area contributed by atoms with Crippen molar-refractivity contribution in [2.45, 2.75) is 45.8 Å². The van der Waals surface area contributed by atoms with Crippen molar-refractivity contribution in [2.75, 3.05) is 19.6 Å². The van der Waals surface area contributed by atoms with Gasteiger partial charge in [0.25, 0.3) is 11.6 Å². The van der Waals surface area contributed by atoms with Crippen molar-refractivity contribution in [1.29, 1.82) is 0 Å². The summed E-state index contributed by atoms with van der Waals surface area (Å²) >= 11 is 0. The smallest absolute Gasteiger partial charge is 0.282 e. The molecular formula is C19H24N4O5. The van der Waals surface area contributed by atoms with Gasteiger partial charge in [-0.3, -0.25) is 19.7 Å². The van der Waals surface area contributed by atoms with E-state index < -0.39 is 4.92 Å². The minimum atomic E-state index is -0.533. The number of hydrogen-bond donors (Lipinski definition) is 0. The lowest BCUT2D eigenvalue weighted by atomic mass is 10.0. The summed E-state index contributed by atoms with van der Waals surface area (Å²) in [5, 5.41) is 15.2. The van der Waals surface area contributed by atoms with Crippen molar-refractivity contribution in [3.8, 4) is 0 Å². The van der Waals surface area contributed by atoms with Crippen LogP contribution in [-0.4, -0.2) is 64.0 Å². The maximum atomic E-state index is 13.0. The molecule has 2 atom stereocenters. The Morgan fingerprint density at radius 2 is 2.07 bits per heavy atom. The van der Waals surface area contributed by atoms with E-state index >= 15 is 0 Å². The van der Waals surface area contributed by atoms with Gasteiger partial charge in [-0.05, 0) is 26.3 Å². The van der Waals surface area contributed by atoms with Crippen LogP contribution >= 0.6 is 0 Å². The van der Waals surface area contributed by atoms with Crippen molar-refractivity contribution in [2.24, 2.45) is 5.16 Å². The van der Waals surface area contributed by atoms with Gasteiger partial charge in [-0.1, -0.05) is 17.3 Å². The van der Waals surface area contributed by atoms with Crippen molar-refractivity contribution in [3.63, 3.8) is 0 Å². The van der Waals surface area contributed by atoms with E-state index in [2.05, 4.69) is 5.16 Å². The third-order valence-corrected chi connectivity index (χ3v) is 5.18. The highest BCUT2D eigenvalue weighted by molar-refractivity contribution is 5.99. The first-order valence-corrected chi connectivity index (χ1v) is 9.30. The maximum absolute atomic E-state index is 13.0. The number of rotatable bonds is 4. The fraction of sp³-hybridized carbons (Fsp3) is 0.526. The summed E-state index contributed by atoms with van der Waals surface area (Å²) in [6.45, 7) is 6.48. The molecule has 2 heterocycles. The lowest BCUT2D eigenvalue weighted by Crippen LogP contribution is -2.55. The van der Waals surface area contributed by atoms with Crippen LogP contribution in [0.3, 0.4) is 0 Å². The molecule has 0 bridgehead atoms. The molecule has 1 fully saturated rings. The third-order valence-electron chi connectivity index (χ3n) is 5.18. The predicted molar refractivity (Wildman–Crippen MR) is 102 cm³/mol. The number of oxime groups is 1. The second kappa shape index (κ2) is 7.95. The topological polar surface area (TPSA) is 105 Å². The average molecular weight is 388 g/mol. The molecule has 3 rings (SSSR count). The highest BCUT2D eigenvalue weighted by Gasteiger charge is 2.34. The number of benzene rings is 1. The van der Waals surface area contributed by atoms with Crippen LogP contribution in [0, 0.1) is 17.0 Å². The summed E-state index contributed by atoms with van der Waals surface area (Å²) in [7, 11) is 0. The molecule has 2 amide bonds. The summed E-state index contributed by atoms with van der Waals surface area (Å²) in [5.74, 6) is -0.400. The van der Waals surface area contributed by atoms with Crippen LogP contribution in [0.5, 0.6) is 0 Å². The summed E-state index contributed by atoms with van der Waals surface area (Å²) in [6, 6.07) is 4.42. The van der Waals surface area contributed by atoms with E-state index in [1.807, 2.05) is 13.8 Å². The third kappa shape index (κ3) is 3.97. The first-order valence-electron chi connectivity index (χ1n) is 9.30. The molecule has 28 heavy (non-hydrogen) atoms. The van der Waals surface area contributed by atoms with Gasteiger partial charge in [0.05, 0.1) is 17.1 Å². The number of nitro benzene ring substituents is 1. The Morgan fingerprint density at radius 3 is 2.68 bits per heavy atom. The lowest BCUT2D eigenvalue weighted by Gasteiger charge is -2.40. The van der Waals surface area contributed by atoms with E-state index in [-0.39, 0.29) is 41.6 Å². The van der Waals surface area contributed by atoms with Gasteiger partial charge in [-0.25, -0.2) is 0 Å². The molecule has 0 saturated carbocycles. The average Bonchev–Trinajstić information content (AvgIpc) is 3.05. The number of carbonyl (C=O) groups excluding carboxylic acids is 2. The Bertz CT molecular complexity index is 838. The van der Waals surface area contributed by atoms with Gasteiger partial charge in [0, 0.05) is 38.2 Å². The van der Waals surface area contributed by atoms with Crippen molar-refractivity contribution in [1.82, 2.24) is 9.80 Å². The number of hydrogen-bond acceptors (Lipinski definition) is 6. The molecule has 0 spiro atoms. The molecular weight excluding hydrogens is 364 g/mol. The quantitative estimate of drug-likeness (QED) is 0.580. The van der Waals surface area contributed by atoms with Crippen LogP contribution in [0.1, 0.15) is 42.6 Å². The van der Waals surface area contributed by atoms with E-state index in [0.29, 0.717) is 31.6 Å². The molecule has 1 aromatic rings. The van der Waals surface area contributed by atoms with Gasteiger partial charge in [-0.2, -0.15) is 0 Å². The Labute approximate surface area is 163 Å². The van der Waals surface area contributed by atoms with Gasteiger partial charge in [0.2, 0.25) is 5.91 Å². The Hall–Kier alpha value is -2.97. The van der Waals surface area contributed by atoms with Crippen molar-refractivity contribution >= 4 is 23.2 Å². The van der Waals surface area contributed by atoms with Crippen LogP contribution < -0.4 is 0 Å². The Kier molecular flexibility index (Phi) is 5.62. The normalized spacial score (nSPS) is 21.9. The maximum Gasteiger partial charge on any atom is 0.282 e. The molecule has 9 nitrogen and oxygen atoms in total. The second-order valence-corrected chi connectivity index (χ2v) is 7.38. The predicted octanol–water partition coefficient (Wildman–Crippen LogP) is 2.13. The van der Waals surface area contributed by atoms with Crippen LogP contribution in [-0.2, 0) is 9.63 Å². The molecule has 2 aliphatic rings. The summed E-state index contributed by atoms with van der Waals surface area (Å²) in [4.78, 5) is 44.9. The van der Waals surface area contributed by atoms with Crippen LogP contribution in [0.15, 0.2) is 23.4 Å². The van der Waals surface area contributed by atoms with Gasteiger partial charge in [0.15, 0.2) is 0 Å². The molecule has 0 aromatic heterocycles. The molecule has 0 aliphatic carbocycles. The van der Waals surface area contributed by atoms with E-state index in [1.54, 1.807) is 28.9 Å². The van der Waals surface area contributed by atoms with Gasteiger partial charge in [0.1, 0.15) is 11.7 Å². The van der Waals surface area contributed by atoms with Crippen LogP contribution in [0.25, 0.3) is 0 Å². The molecule has 1 aromatic carbocycles. The molecule has 150 valence electrons. The molecule has 1 saturated heterocycles. The number of nitro groups is 1. The number of aryl methyl sites for hydroxylation is 1. The standard InChI is InChI=1S/C19H24N4O5/c1-12-5-4-6-16(23(26)27)18(12)19(25)21-7-8-22(14(3)11-21)17(24)10-15-9-13(2)20-28-15/h4-6,14-15H,7-11H2,1-3H3. The zero-order valence-electron chi connectivity index (χ0n) is 16.3. The van der Waals surface area contributed by atoms with Crippen molar-refractivity contribution in [3.05, 3.63) is 39.4 Å². The molecule has 2 unspecified atom stereocenters. The van der Waals surface area contributed by atoms with E-state index in [1.165, 1.54) is 6.07 Å². The van der Waals surface area contributed by atoms with Gasteiger partial charge < -0.3 is 14.6 Å². The van der Waals surface area contributed by atoms with E-state index in [0.717, 1.165) is 5.71 Å². The number of nitrogens with zero attached hydrogens (tertiary/aromatic N) is 4. The SMILES string of the molecule is CC1=NOC(CC(=O)N2CCN(C(=O)c3c(C)cccc3[N+](=O)[O-])CC2C)C1. The minimum Gasteiger partial charge on any atom is -0.392 e. The number of amides is 2. The largest absolute Gasteiger partial charge is 0.392 e. The second-order valence-electron chi connectivity index (χ2n) is 7.38. The van der Waals surface area contributed by atoms with Gasteiger partial charge >= 0.3 is 0 Å². The summed E-state index contributed by atoms with van der Waals surface area (Å²) in [6.07, 6.45) is 0.673. The summed E-state index contributed by atoms with van der Waals surface area (Å²) in [5.41, 5.74) is 1.37. The minimum absolute atomic E-state index is 0.0311. The summed E-state index contributed by atoms with van der Waals surface area (Å²) < 4.78 is 0.